The summed E-state index contributed by atoms with van der Waals surface area (Å²) in [6, 6.07) is 23.4. The number of aliphatic carboxylic acids is 1. The zero-order valence-electron chi connectivity index (χ0n) is 17.5. The van der Waals surface area contributed by atoms with Crippen LogP contribution in [0.4, 0.5) is 5.82 Å². The molecule has 0 aliphatic heterocycles. The number of hydrogen-bond donors (Lipinski definition) is 2. The molecule has 0 spiro atoms. The number of nitrogens with one attached hydrogen (secondary N) is 1. The van der Waals surface area contributed by atoms with E-state index in [2.05, 4.69) is 10.3 Å². The fraction of sp³-hybridized carbons (Fsp3) is 0.250. The number of aromatic nitrogens is 1. The lowest BCUT2D eigenvalue weighted by molar-refractivity contribution is -0.145. The van der Waals surface area contributed by atoms with Crippen molar-refractivity contribution in [3.63, 3.8) is 0 Å². The molecule has 1 fully saturated rings. The highest BCUT2D eigenvalue weighted by atomic mass is 32.2. The van der Waals surface area contributed by atoms with Gasteiger partial charge in [0.15, 0.2) is 5.03 Å². The van der Waals surface area contributed by atoms with Crippen LogP contribution in [0.1, 0.15) is 30.4 Å². The number of carboxylic acids is 1. The van der Waals surface area contributed by atoms with Crippen LogP contribution in [-0.2, 0) is 27.9 Å². The van der Waals surface area contributed by atoms with Crippen molar-refractivity contribution in [3.8, 4) is 0 Å². The Morgan fingerprint density at radius 3 is 1.94 bits per heavy atom. The Morgan fingerprint density at radius 1 is 0.906 bits per heavy atom. The summed E-state index contributed by atoms with van der Waals surface area (Å²) in [7, 11) is -3.95. The third-order valence-electron chi connectivity index (χ3n) is 5.72. The van der Waals surface area contributed by atoms with Gasteiger partial charge in [0.1, 0.15) is 11.4 Å². The van der Waals surface area contributed by atoms with Crippen molar-refractivity contribution in [2.24, 2.45) is 0 Å². The fourth-order valence-corrected chi connectivity index (χ4v) is 5.10. The van der Waals surface area contributed by atoms with Crippen molar-refractivity contribution < 1.29 is 18.3 Å². The molecule has 1 aliphatic rings. The lowest BCUT2D eigenvalue weighted by Crippen LogP contribution is -2.52. The molecule has 0 saturated heterocycles. The van der Waals surface area contributed by atoms with Gasteiger partial charge in [0.05, 0.1) is 0 Å². The Morgan fingerprint density at radius 2 is 1.47 bits per heavy atom. The number of benzene rings is 2. The van der Waals surface area contributed by atoms with E-state index in [0.29, 0.717) is 12.8 Å². The number of rotatable bonds is 9. The molecule has 3 aromatic rings. The molecule has 0 atom stereocenters. The first kappa shape index (κ1) is 22.0. The van der Waals surface area contributed by atoms with Crippen LogP contribution >= 0.6 is 0 Å². The van der Waals surface area contributed by atoms with Crippen molar-refractivity contribution in [3.05, 3.63) is 90.0 Å². The van der Waals surface area contributed by atoms with E-state index in [1.165, 1.54) is 10.4 Å². The van der Waals surface area contributed by atoms with Gasteiger partial charge in [-0.05, 0) is 42.5 Å². The summed E-state index contributed by atoms with van der Waals surface area (Å²) in [5.74, 6) is -0.707. The fourth-order valence-electron chi connectivity index (χ4n) is 3.73. The Balaban J connectivity index is 1.65. The van der Waals surface area contributed by atoms with Gasteiger partial charge in [-0.2, -0.15) is 4.31 Å². The van der Waals surface area contributed by atoms with Crippen LogP contribution in [-0.4, -0.2) is 34.3 Å². The molecule has 0 radical (unpaired) electrons. The third-order valence-corrected chi connectivity index (χ3v) is 7.41. The maximum absolute atomic E-state index is 13.6. The number of carbonyl (C=O) groups is 1. The van der Waals surface area contributed by atoms with E-state index in [1.807, 2.05) is 60.7 Å². The topological polar surface area (TPSA) is 99.6 Å². The zero-order chi connectivity index (χ0) is 22.6. The molecular weight excluding hydrogens is 426 g/mol. The smallest absolute Gasteiger partial charge is 0.329 e. The average molecular weight is 452 g/mol. The van der Waals surface area contributed by atoms with Gasteiger partial charge < -0.3 is 10.4 Å². The van der Waals surface area contributed by atoms with Gasteiger partial charge >= 0.3 is 5.97 Å². The summed E-state index contributed by atoms with van der Waals surface area (Å²) in [5.41, 5.74) is 0.643. The Hall–Kier alpha value is -3.23. The van der Waals surface area contributed by atoms with E-state index in [-0.39, 0.29) is 23.9 Å². The highest BCUT2D eigenvalue weighted by molar-refractivity contribution is 7.89. The second-order valence-corrected chi connectivity index (χ2v) is 9.86. The number of hydrogen-bond acceptors (Lipinski definition) is 5. The Bertz CT molecular complexity index is 1140. The van der Waals surface area contributed by atoms with Crippen LogP contribution in [0.2, 0.25) is 0 Å². The van der Waals surface area contributed by atoms with Crippen molar-refractivity contribution in [2.75, 3.05) is 5.32 Å². The maximum atomic E-state index is 13.6. The number of pyridine rings is 1. The normalized spacial score (nSPS) is 15.2. The largest absolute Gasteiger partial charge is 0.480 e. The molecule has 0 unspecified atom stereocenters. The predicted molar refractivity (Wildman–Crippen MR) is 121 cm³/mol. The summed E-state index contributed by atoms with van der Waals surface area (Å²) >= 11 is 0. The summed E-state index contributed by atoms with van der Waals surface area (Å²) < 4.78 is 28.6. The summed E-state index contributed by atoms with van der Waals surface area (Å²) in [5, 5.41) is 12.4. The van der Waals surface area contributed by atoms with Crippen LogP contribution < -0.4 is 5.32 Å². The summed E-state index contributed by atoms with van der Waals surface area (Å²) in [6.45, 7) is 0.382. The number of anilines is 1. The van der Waals surface area contributed by atoms with E-state index in [1.54, 1.807) is 12.1 Å². The molecule has 1 aromatic heterocycles. The predicted octanol–water partition coefficient (Wildman–Crippen LogP) is 3.89. The molecule has 2 aromatic carbocycles. The molecule has 7 nitrogen and oxygen atoms in total. The first-order valence-electron chi connectivity index (χ1n) is 10.5. The van der Waals surface area contributed by atoms with Crippen LogP contribution in [0.25, 0.3) is 0 Å². The standard InChI is InChI=1S/C24H25N3O4S/c28-23(29)24(15-8-16-24)26-21-13-7-14-22(25-21)32(30,31)27(17-19-9-3-1-4-10-19)18-20-11-5-2-6-12-20/h1-7,9-14H,8,15-18H2,(H,25,26)(H,28,29). The molecule has 32 heavy (non-hydrogen) atoms. The van der Waals surface area contributed by atoms with Crippen LogP contribution in [0.5, 0.6) is 0 Å². The number of nitrogens with zero attached hydrogens (tertiary/aromatic N) is 2. The molecule has 0 bridgehead atoms. The maximum Gasteiger partial charge on any atom is 0.329 e. The van der Waals surface area contributed by atoms with E-state index >= 15 is 0 Å². The van der Waals surface area contributed by atoms with Crippen LogP contribution in [0.15, 0.2) is 83.9 Å². The van der Waals surface area contributed by atoms with Gasteiger partial charge in [0.2, 0.25) is 0 Å². The Kier molecular flexibility index (Phi) is 6.25. The van der Waals surface area contributed by atoms with Gasteiger partial charge in [0, 0.05) is 13.1 Å². The molecule has 1 heterocycles. The van der Waals surface area contributed by atoms with E-state index in [9.17, 15) is 18.3 Å². The van der Waals surface area contributed by atoms with Crippen molar-refractivity contribution in [1.29, 1.82) is 0 Å². The second-order valence-electron chi connectivity index (χ2n) is 7.97. The second kappa shape index (κ2) is 9.10. The lowest BCUT2D eigenvalue weighted by atomic mass is 9.77. The number of sulfonamides is 1. The van der Waals surface area contributed by atoms with E-state index in [4.69, 9.17) is 0 Å². The van der Waals surface area contributed by atoms with E-state index < -0.39 is 21.5 Å². The molecule has 1 aliphatic carbocycles. The first-order chi connectivity index (χ1) is 15.4. The van der Waals surface area contributed by atoms with Crippen LogP contribution in [0.3, 0.4) is 0 Å². The minimum atomic E-state index is -3.95. The summed E-state index contributed by atoms with van der Waals surface area (Å²) in [4.78, 5) is 16.0. The summed E-state index contributed by atoms with van der Waals surface area (Å²) in [6.07, 6.45) is 1.77. The average Bonchev–Trinajstić information content (AvgIpc) is 2.77. The van der Waals surface area contributed by atoms with Crippen LogP contribution in [0, 0.1) is 0 Å². The Labute approximate surface area is 187 Å². The molecule has 0 amide bonds. The minimum Gasteiger partial charge on any atom is -0.480 e. The van der Waals surface area contributed by atoms with Crippen molar-refractivity contribution in [1.82, 2.24) is 9.29 Å². The van der Waals surface area contributed by atoms with Gasteiger partial charge in [0.25, 0.3) is 10.0 Å². The van der Waals surface area contributed by atoms with E-state index in [0.717, 1.165) is 17.5 Å². The number of carboxylic acid groups (broad SMARTS) is 1. The quantitative estimate of drug-likeness (QED) is 0.512. The minimum absolute atomic E-state index is 0.116. The SMILES string of the molecule is O=C(O)C1(Nc2cccc(S(=O)(=O)N(Cc3ccccc3)Cc3ccccc3)n2)CCC1. The van der Waals surface area contributed by atoms with Gasteiger partial charge in [-0.3, -0.25) is 0 Å². The van der Waals surface area contributed by atoms with Crippen molar-refractivity contribution >= 4 is 21.8 Å². The van der Waals surface area contributed by atoms with Crippen molar-refractivity contribution in [2.45, 2.75) is 42.9 Å². The zero-order valence-corrected chi connectivity index (χ0v) is 18.3. The molecule has 1 saturated carbocycles. The van der Waals surface area contributed by atoms with Gasteiger partial charge in [-0.1, -0.05) is 66.7 Å². The molecule has 166 valence electrons. The first-order valence-corrected chi connectivity index (χ1v) is 11.9. The molecular formula is C24H25N3O4S. The third kappa shape index (κ3) is 4.66. The highest BCUT2D eigenvalue weighted by Crippen LogP contribution is 2.35. The molecule has 8 heteroatoms. The monoisotopic (exact) mass is 451 g/mol. The lowest BCUT2D eigenvalue weighted by Gasteiger charge is -2.38. The van der Waals surface area contributed by atoms with Gasteiger partial charge in [-0.25, -0.2) is 18.2 Å². The highest BCUT2D eigenvalue weighted by Gasteiger charge is 2.44. The molecule has 2 N–H and O–H groups in total. The van der Waals surface area contributed by atoms with Gasteiger partial charge in [-0.15, -0.1) is 0 Å². The molecule has 4 rings (SSSR count).